The van der Waals surface area contributed by atoms with Crippen LogP contribution < -0.4 is 15.6 Å². The number of thiophene rings is 1. The van der Waals surface area contributed by atoms with Gasteiger partial charge in [0.05, 0.1) is 16.6 Å². The Morgan fingerprint density at radius 2 is 2.11 bits per heavy atom. The zero-order valence-electron chi connectivity index (χ0n) is 15.4. The number of esters is 1. The van der Waals surface area contributed by atoms with Gasteiger partial charge >= 0.3 is 5.97 Å². The molecular formula is C19H17N3O5S. The number of nitrogens with one attached hydrogen (secondary N) is 2. The molecule has 0 saturated heterocycles. The molecule has 1 aromatic carbocycles. The summed E-state index contributed by atoms with van der Waals surface area (Å²) in [7, 11) is 0. The number of rotatable bonds is 3. The number of ether oxygens (including phenoxy) is 2. The van der Waals surface area contributed by atoms with Gasteiger partial charge in [-0.05, 0) is 44.5 Å². The van der Waals surface area contributed by atoms with Gasteiger partial charge in [0, 0.05) is 4.88 Å². The monoisotopic (exact) mass is 399 g/mol. The summed E-state index contributed by atoms with van der Waals surface area (Å²) in [6.07, 6.45) is -0.746. The molecule has 0 saturated carbocycles. The highest BCUT2D eigenvalue weighted by molar-refractivity contribution is 7.18. The zero-order valence-corrected chi connectivity index (χ0v) is 16.2. The number of nitrogens with zero attached hydrogens (tertiary/aromatic N) is 1. The van der Waals surface area contributed by atoms with Crippen LogP contribution in [0.3, 0.4) is 0 Å². The second kappa shape index (κ2) is 6.75. The highest BCUT2D eigenvalue weighted by Gasteiger charge is 2.22. The van der Waals surface area contributed by atoms with Gasteiger partial charge in [-0.25, -0.2) is 9.78 Å². The van der Waals surface area contributed by atoms with Crippen LogP contribution in [0.4, 0.5) is 5.69 Å². The van der Waals surface area contributed by atoms with Crippen LogP contribution in [0.25, 0.3) is 10.2 Å². The molecule has 2 aromatic heterocycles. The molecule has 0 spiro atoms. The van der Waals surface area contributed by atoms with Crippen LogP contribution in [-0.4, -0.2) is 28.5 Å². The third-order valence-corrected chi connectivity index (χ3v) is 5.68. The van der Waals surface area contributed by atoms with E-state index in [9.17, 15) is 14.4 Å². The lowest BCUT2D eigenvalue weighted by Gasteiger charge is -2.18. The van der Waals surface area contributed by atoms with Crippen LogP contribution in [0.15, 0.2) is 23.0 Å². The number of amides is 1. The first-order valence-electron chi connectivity index (χ1n) is 8.61. The quantitative estimate of drug-likeness (QED) is 0.655. The Morgan fingerprint density at radius 1 is 1.32 bits per heavy atom. The van der Waals surface area contributed by atoms with Gasteiger partial charge in [-0.15, -0.1) is 11.3 Å². The maximum absolute atomic E-state index is 12.5. The number of carbonyl (C=O) groups is 2. The lowest BCUT2D eigenvalue weighted by atomic mass is 10.1. The summed E-state index contributed by atoms with van der Waals surface area (Å²) in [4.78, 5) is 45.0. The first-order chi connectivity index (χ1) is 13.3. The predicted molar refractivity (Wildman–Crippen MR) is 104 cm³/mol. The zero-order chi connectivity index (χ0) is 20.0. The van der Waals surface area contributed by atoms with Gasteiger partial charge in [0.1, 0.15) is 10.6 Å². The molecule has 0 radical (unpaired) electrons. The van der Waals surface area contributed by atoms with Crippen LogP contribution in [0.1, 0.15) is 39.7 Å². The number of aromatic amines is 1. The average Bonchev–Trinajstić information content (AvgIpc) is 2.95. The number of hydrogen-bond donors (Lipinski definition) is 2. The standard InChI is InChI=1S/C19H17N3O5S/c1-8-10(3)28-18-15(8)17(24)21-16(22-18)9(2)27-19(25)11-4-5-12-13(6-11)26-7-14(23)20-12/h4-6,9H,7H2,1-3H3,(H,20,23)(H,21,22,24)/t9-/m0/s1. The van der Waals surface area contributed by atoms with Crippen molar-refractivity contribution < 1.29 is 19.1 Å². The number of carbonyl (C=O) groups excluding carboxylic acids is 2. The van der Waals surface area contributed by atoms with Crippen LogP contribution in [0, 0.1) is 13.8 Å². The van der Waals surface area contributed by atoms with Gasteiger partial charge in [0.25, 0.3) is 11.5 Å². The minimum Gasteiger partial charge on any atom is -0.482 e. The van der Waals surface area contributed by atoms with Gasteiger partial charge in [0.15, 0.2) is 18.5 Å². The van der Waals surface area contributed by atoms with E-state index in [-0.39, 0.29) is 29.5 Å². The van der Waals surface area contributed by atoms with E-state index in [1.165, 1.54) is 23.5 Å². The van der Waals surface area contributed by atoms with Crippen molar-refractivity contribution in [3.8, 4) is 5.75 Å². The lowest BCUT2D eigenvalue weighted by molar-refractivity contribution is -0.118. The third kappa shape index (κ3) is 3.13. The van der Waals surface area contributed by atoms with E-state index in [0.29, 0.717) is 21.7 Å². The Kier molecular flexibility index (Phi) is 4.38. The van der Waals surface area contributed by atoms with E-state index < -0.39 is 12.1 Å². The number of hydrogen-bond acceptors (Lipinski definition) is 7. The molecule has 0 unspecified atom stereocenters. The Bertz CT molecular complexity index is 1180. The van der Waals surface area contributed by atoms with E-state index >= 15 is 0 Å². The number of anilines is 1. The normalized spacial score (nSPS) is 14.2. The van der Waals surface area contributed by atoms with E-state index in [4.69, 9.17) is 9.47 Å². The molecule has 144 valence electrons. The molecule has 1 aliphatic heterocycles. The summed E-state index contributed by atoms with van der Waals surface area (Å²) in [6, 6.07) is 4.63. The highest BCUT2D eigenvalue weighted by atomic mass is 32.1. The van der Waals surface area contributed by atoms with Gasteiger partial charge in [0.2, 0.25) is 0 Å². The molecular weight excluding hydrogens is 382 g/mol. The Morgan fingerprint density at radius 3 is 2.89 bits per heavy atom. The minimum absolute atomic E-state index is 0.104. The molecule has 8 nitrogen and oxygen atoms in total. The van der Waals surface area contributed by atoms with E-state index in [1.54, 1.807) is 13.0 Å². The summed E-state index contributed by atoms with van der Waals surface area (Å²) < 4.78 is 10.8. The minimum atomic E-state index is -0.746. The maximum atomic E-state index is 12.5. The summed E-state index contributed by atoms with van der Waals surface area (Å²) >= 11 is 1.43. The molecule has 28 heavy (non-hydrogen) atoms. The fraction of sp³-hybridized carbons (Fsp3) is 0.263. The second-order valence-corrected chi connectivity index (χ2v) is 7.71. The molecule has 1 atom stereocenters. The van der Waals surface area contributed by atoms with Crippen LogP contribution >= 0.6 is 11.3 Å². The molecule has 0 fully saturated rings. The van der Waals surface area contributed by atoms with E-state index in [2.05, 4.69) is 15.3 Å². The Hall–Kier alpha value is -3.20. The largest absolute Gasteiger partial charge is 0.482 e. The SMILES string of the molecule is Cc1sc2nc([C@H](C)OC(=O)c3ccc4c(c3)OCC(=O)N4)[nH]c(=O)c2c1C. The van der Waals surface area contributed by atoms with Crippen molar-refractivity contribution in [1.82, 2.24) is 9.97 Å². The molecule has 3 heterocycles. The van der Waals surface area contributed by atoms with Crippen molar-refractivity contribution >= 4 is 39.1 Å². The molecule has 4 rings (SSSR count). The van der Waals surface area contributed by atoms with Gasteiger partial charge in [-0.3, -0.25) is 9.59 Å². The van der Waals surface area contributed by atoms with Crippen molar-refractivity contribution in [1.29, 1.82) is 0 Å². The van der Waals surface area contributed by atoms with E-state index in [1.807, 2.05) is 13.8 Å². The lowest BCUT2D eigenvalue weighted by Crippen LogP contribution is -2.25. The molecule has 1 aliphatic rings. The van der Waals surface area contributed by atoms with Crippen molar-refractivity contribution in [2.45, 2.75) is 26.9 Å². The smallest absolute Gasteiger partial charge is 0.338 e. The number of H-pyrrole nitrogens is 1. The summed E-state index contributed by atoms with van der Waals surface area (Å²) in [5.41, 5.74) is 1.43. The number of benzene rings is 1. The van der Waals surface area contributed by atoms with Crippen LogP contribution in [0.2, 0.25) is 0 Å². The Labute approximate surface area is 163 Å². The van der Waals surface area contributed by atoms with Crippen molar-refractivity contribution in [2.75, 3.05) is 11.9 Å². The molecule has 0 aliphatic carbocycles. The second-order valence-electron chi connectivity index (χ2n) is 6.51. The molecule has 9 heteroatoms. The van der Waals surface area contributed by atoms with Crippen LogP contribution in [-0.2, 0) is 9.53 Å². The van der Waals surface area contributed by atoms with Crippen molar-refractivity contribution in [2.24, 2.45) is 0 Å². The maximum Gasteiger partial charge on any atom is 0.338 e. The molecule has 1 amide bonds. The van der Waals surface area contributed by atoms with Gasteiger partial charge in [-0.2, -0.15) is 0 Å². The van der Waals surface area contributed by atoms with E-state index in [0.717, 1.165) is 10.4 Å². The van der Waals surface area contributed by atoms with Crippen LogP contribution in [0.5, 0.6) is 5.75 Å². The topological polar surface area (TPSA) is 110 Å². The number of fused-ring (bicyclic) bond motifs is 2. The van der Waals surface area contributed by atoms with Gasteiger partial charge in [-0.1, -0.05) is 0 Å². The first kappa shape index (κ1) is 18.2. The van der Waals surface area contributed by atoms with Crippen molar-refractivity contribution in [3.05, 3.63) is 50.4 Å². The average molecular weight is 399 g/mol. The Balaban J connectivity index is 1.57. The number of aromatic nitrogens is 2. The fourth-order valence-corrected chi connectivity index (χ4v) is 3.99. The molecule has 0 bridgehead atoms. The molecule has 2 N–H and O–H groups in total. The summed E-state index contributed by atoms with van der Waals surface area (Å²) in [6.45, 7) is 5.36. The van der Waals surface area contributed by atoms with Crippen molar-refractivity contribution in [3.63, 3.8) is 0 Å². The predicted octanol–water partition coefficient (Wildman–Crippen LogP) is 2.85. The number of aryl methyl sites for hydroxylation is 2. The van der Waals surface area contributed by atoms with Gasteiger partial charge < -0.3 is 19.8 Å². The first-order valence-corrected chi connectivity index (χ1v) is 9.42. The molecule has 3 aromatic rings. The summed E-state index contributed by atoms with van der Waals surface area (Å²) in [5.74, 6) is -0.147. The third-order valence-electron chi connectivity index (χ3n) is 4.58. The summed E-state index contributed by atoms with van der Waals surface area (Å²) in [5, 5.41) is 3.23. The fourth-order valence-electron chi connectivity index (χ4n) is 2.95. The highest BCUT2D eigenvalue weighted by Crippen LogP contribution is 2.30.